The van der Waals surface area contributed by atoms with E-state index >= 15 is 0 Å². The average Bonchev–Trinajstić information content (AvgIpc) is 3.50. The number of ether oxygens (including phenoxy) is 3. The van der Waals surface area contributed by atoms with E-state index in [1.54, 1.807) is 0 Å². The average molecular weight is 1170 g/mol. The molecule has 0 rings (SSSR count). The number of rotatable bonds is 71. The predicted molar refractivity (Wildman–Crippen MR) is 363 cm³/mol. The third kappa shape index (κ3) is 70.5. The molecule has 490 valence electrons. The Kier molecular flexibility index (Phi) is 70.5. The molecule has 1 unspecified atom stereocenters. The van der Waals surface area contributed by atoms with Gasteiger partial charge in [-0.25, -0.2) is 0 Å². The maximum Gasteiger partial charge on any atom is 0.306 e. The zero-order chi connectivity index (χ0) is 59.9. The Balaban J connectivity index is 4.08. The van der Waals surface area contributed by atoms with Crippen molar-refractivity contribution in [1.82, 2.24) is 0 Å². The Morgan fingerprint density at radius 1 is 0.229 bits per heavy atom. The van der Waals surface area contributed by atoms with Gasteiger partial charge in [-0.1, -0.05) is 366 Å². The number of hydrogen-bond acceptors (Lipinski definition) is 6. The van der Waals surface area contributed by atoms with Gasteiger partial charge >= 0.3 is 17.9 Å². The summed E-state index contributed by atoms with van der Waals surface area (Å²) >= 11 is 0. The summed E-state index contributed by atoms with van der Waals surface area (Å²) < 4.78 is 17.0. The van der Waals surface area contributed by atoms with Crippen LogP contribution in [0.5, 0.6) is 0 Å². The summed E-state index contributed by atoms with van der Waals surface area (Å²) in [6.07, 6.45) is 89.6. The molecule has 0 aliphatic rings. The van der Waals surface area contributed by atoms with Gasteiger partial charge in [0.15, 0.2) is 6.10 Å². The van der Waals surface area contributed by atoms with Gasteiger partial charge in [-0.2, -0.15) is 0 Å². The molecule has 0 bridgehead atoms. The molecule has 0 radical (unpaired) electrons. The van der Waals surface area contributed by atoms with Gasteiger partial charge < -0.3 is 14.2 Å². The van der Waals surface area contributed by atoms with E-state index in [0.717, 1.165) is 64.2 Å². The van der Waals surface area contributed by atoms with E-state index in [1.165, 1.54) is 327 Å². The second-order valence-corrected chi connectivity index (χ2v) is 25.9. The molecule has 0 fully saturated rings. The van der Waals surface area contributed by atoms with Crippen molar-refractivity contribution in [2.24, 2.45) is 0 Å². The third-order valence-electron chi connectivity index (χ3n) is 17.4. The van der Waals surface area contributed by atoms with Crippen LogP contribution in [0, 0.1) is 0 Å². The Labute approximate surface area is 519 Å². The number of hydrogen-bond donors (Lipinski definition) is 0. The van der Waals surface area contributed by atoms with E-state index in [-0.39, 0.29) is 31.1 Å². The summed E-state index contributed by atoms with van der Waals surface area (Å²) in [6.45, 7) is 6.69. The fourth-order valence-electron chi connectivity index (χ4n) is 11.7. The monoisotopic (exact) mass is 1170 g/mol. The van der Waals surface area contributed by atoms with Crippen molar-refractivity contribution in [3.63, 3.8) is 0 Å². The summed E-state index contributed by atoms with van der Waals surface area (Å²) in [6, 6.07) is 0. The summed E-state index contributed by atoms with van der Waals surface area (Å²) in [5.74, 6) is -0.854. The molecule has 0 aromatic carbocycles. The predicted octanol–water partition coefficient (Wildman–Crippen LogP) is 26.1. The molecule has 0 aromatic heterocycles. The van der Waals surface area contributed by atoms with Crippen molar-refractivity contribution >= 4 is 17.9 Å². The molecule has 6 nitrogen and oxygen atoms in total. The first-order valence-corrected chi connectivity index (χ1v) is 37.8. The third-order valence-corrected chi connectivity index (χ3v) is 17.4. The van der Waals surface area contributed by atoms with Crippen molar-refractivity contribution in [2.75, 3.05) is 13.2 Å². The number of carbonyl (C=O) groups is 3. The summed E-state index contributed by atoms with van der Waals surface area (Å²) in [5, 5.41) is 0. The second-order valence-electron chi connectivity index (χ2n) is 25.9. The first kappa shape index (κ1) is 80.9. The largest absolute Gasteiger partial charge is 0.462 e. The zero-order valence-electron chi connectivity index (χ0n) is 56.5. The van der Waals surface area contributed by atoms with Gasteiger partial charge in [-0.3, -0.25) is 14.4 Å². The number of carbonyl (C=O) groups excluding carboxylic acids is 3. The number of esters is 3. The fraction of sp³-hybridized carbons (Fsp3) is 0.909. The molecule has 0 saturated heterocycles. The van der Waals surface area contributed by atoms with Crippen LogP contribution in [0.25, 0.3) is 0 Å². The van der Waals surface area contributed by atoms with Crippen LogP contribution in [0.1, 0.15) is 432 Å². The minimum atomic E-state index is -0.775. The SMILES string of the molecule is CCCCCC/C=C\CCCCCCCC(=O)OCC(COC(=O)CCCCCCCCCCCCCCCCCCCCCCCCCCCCCCCCCCCC)OC(=O)CCCCCCCCC/C=C\CCCCCCCCC. The van der Waals surface area contributed by atoms with Crippen molar-refractivity contribution < 1.29 is 28.6 Å². The van der Waals surface area contributed by atoms with Gasteiger partial charge in [0.25, 0.3) is 0 Å². The molecule has 0 aliphatic heterocycles. The van der Waals surface area contributed by atoms with Crippen LogP contribution in [0.3, 0.4) is 0 Å². The maximum absolute atomic E-state index is 12.9. The van der Waals surface area contributed by atoms with E-state index in [1.807, 2.05) is 0 Å². The molecule has 0 aliphatic carbocycles. The fourth-order valence-corrected chi connectivity index (χ4v) is 11.7. The Hall–Kier alpha value is -2.11. The van der Waals surface area contributed by atoms with E-state index < -0.39 is 6.10 Å². The van der Waals surface area contributed by atoms with E-state index in [0.29, 0.717) is 19.3 Å². The van der Waals surface area contributed by atoms with E-state index in [2.05, 4.69) is 45.1 Å². The highest BCUT2D eigenvalue weighted by Crippen LogP contribution is 2.19. The van der Waals surface area contributed by atoms with Crippen molar-refractivity contribution in [3.8, 4) is 0 Å². The molecule has 1 atom stereocenters. The van der Waals surface area contributed by atoms with E-state index in [4.69, 9.17) is 14.2 Å². The van der Waals surface area contributed by atoms with Crippen LogP contribution in [0.15, 0.2) is 24.3 Å². The molecule has 0 spiro atoms. The van der Waals surface area contributed by atoms with Gasteiger partial charge in [0.2, 0.25) is 0 Å². The van der Waals surface area contributed by atoms with Gasteiger partial charge in [0.05, 0.1) is 0 Å². The first-order chi connectivity index (χ1) is 41.0. The highest BCUT2D eigenvalue weighted by molar-refractivity contribution is 5.71. The normalized spacial score (nSPS) is 12.1. The van der Waals surface area contributed by atoms with Gasteiger partial charge in [-0.05, 0) is 70.6 Å². The van der Waals surface area contributed by atoms with Crippen LogP contribution < -0.4 is 0 Å². The topological polar surface area (TPSA) is 78.9 Å². The number of allylic oxidation sites excluding steroid dienone is 4. The highest BCUT2D eigenvalue weighted by atomic mass is 16.6. The first-order valence-electron chi connectivity index (χ1n) is 37.8. The van der Waals surface area contributed by atoms with Crippen LogP contribution in [-0.4, -0.2) is 37.2 Å². The minimum Gasteiger partial charge on any atom is -0.462 e. The quantitative estimate of drug-likeness (QED) is 0.0261. The lowest BCUT2D eigenvalue weighted by Gasteiger charge is -2.18. The summed E-state index contributed by atoms with van der Waals surface area (Å²) in [5.41, 5.74) is 0. The molecule has 0 heterocycles. The summed E-state index contributed by atoms with van der Waals surface area (Å²) in [4.78, 5) is 38.4. The van der Waals surface area contributed by atoms with Crippen LogP contribution in [0.2, 0.25) is 0 Å². The van der Waals surface area contributed by atoms with Crippen LogP contribution in [0.4, 0.5) is 0 Å². The smallest absolute Gasteiger partial charge is 0.306 e. The lowest BCUT2D eigenvalue weighted by molar-refractivity contribution is -0.167. The lowest BCUT2D eigenvalue weighted by atomic mass is 10.0. The molecule has 0 N–H and O–H groups in total. The highest BCUT2D eigenvalue weighted by Gasteiger charge is 2.20. The molecule has 83 heavy (non-hydrogen) atoms. The van der Waals surface area contributed by atoms with E-state index in [9.17, 15) is 14.4 Å². The molecule has 0 amide bonds. The maximum atomic E-state index is 12.9. The lowest BCUT2D eigenvalue weighted by Crippen LogP contribution is -2.30. The molecular formula is C77H146O6. The van der Waals surface area contributed by atoms with Crippen molar-refractivity contribution in [3.05, 3.63) is 24.3 Å². The molecule has 6 heteroatoms. The van der Waals surface area contributed by atoms with Gasteiger partial charge in [-0.15, -0.1) is 0 Å². The van der Waals surface area contributed by atoms with Crippen LogP contribution >= 0.6 is 0 Å². The minimum absolute atomic E-state index is 0.0704. The van der Waals surface area contributed by atoms with Crippen molar-refractivity contribution in [2.45, 2.75) is 438 Å². The standard InChI is InChI=1S/C77H146O6/c1-4-7-10-13-16-19-22-25-27-29-31-32-33-34-35-36-37-38-39-40-41-42-43-44-45-46-48-49-52-55-58-61-64-67-70-76(79)82-73-74(72-81-75(78)69-66-63-60-57-54-51-24-21-18-15-12-9-6-3)83-77(80)71-68-65-62-59-56-53-50-47-30-28-26-23-20-17-14-11-8-5-2/h21,24,28,30,74H,4-20,22-23,25-27,29,31-73H2,1-3H3/b24-21-,30-28-. The number of unbranched alkanes of at least 4 members (excludes halogenated alkanes) is 56. The molecular weight excluding hydrogens is 1020 g/mol. The Morgan fingerprint density at radius 2 is 0.398 bits per heavy atom. The van der Waals surface area contributed by atoms with Crippen molar-refractivity contribution in [1.29, 1.82) is 0 Å². The van der Waals surface area contributed by atoms with Crippen LogP contribution in [-0.2, 0) is 28.6 Å². The van der Waals surface area contributed by atoms with Gasteiger partial charge in [0.1, 0.15) is 13.2 Å². The second kappa shape index (κ2) is 72.4. The molecule has 0 aromatic rings. The molecule has 0 saturated carbocycles. The summed E-state index contributed by atoms with van der Waals surface area (Å²) in [7, 11) is 0. The Bertz CT molecular complexity index is 1340. The van der Waals surface area contributed by atoms with Gasteiger partial charge in [0, 0.05) is 19.3 Å². The zero-order valence-corrected chi connectivity index (χ0v) is 56.5. The Morgan fingerprint density at radius 3 is 0.614 bits per heavy atom.